The molecule has 0 amide bonds. The van der Waals surface area contributed by atoms with Crippen LogP contribution in [0.15, 0.2) is 47.3 Å². The van der Waals surface area contributed by atoms with Crippen molar-refractivity contribution in [2.75, 3.05) is 7.11 Å². The molecule has 3 aliphatic rings. The van der Waals surface area contributed by atoms with E-state index in [1.54, 1.807) is 26.0 Å². The predicted octanol–water partition coefficient (Wildman–Crippen LogP) is 3.29. The molecule has 0 aromatic carbocycles. The minimum Gasteiger partial charge on any atom is -0.472 e. The van der Waals surface area contributed by atoms with Gasteiger partial charge in [0.2, 0.25) is 0 Å². The quantitative estimate of drug-likeness (QED) is 0.491. The van der Waals surface area contributed by atoms with Crippen molar-refractivity contribution in [1.29, 1.82) is 0 Å². The van der Waals surface area contributed by atoms with Crippen molar-refractivity contribution >= 4 is 17.7 Å². The van der Waals surface area contributed by atoms with E-state index in [2.05, 4.69) is 6.58 Å². The summed E-state index contributed by atoms with van der Waals surface area (Å²) in [6, 6.07) is 1.71. The van der Waals surface area contributed by atoms with Gasteiger partial charge in [-0.3, -0.25) is 9.59 Å². The van der Waals surface area contributed by atoms with Crippen molar-refractivity contribution in [3.8, 4) is 0 Å². The van der Waals surface area contributed by atoms with Crippen LogP contribution >= 0.6 is 0 Å². The fourth-order valence-electron chi connectivity index (χ4n) is 7.03. The zero-order chi connectivity index (χ0) is 26.0. The van der Waals surface area contributed by atoms with Gasteiger partial charge in [-0.1, -0.05) is 40.3 Å². The summed E-state index contributed by atoms with van der Waals surface area (Å²) in [5, 5.41) is 23.2. The number of aliphatic hydroxyl groups excluding tert-OH is 1. The number of aliphatic hydroxyl groups is 2. The summed E-state index contributed by atoms with van der Waals surface area (Å²) in [4.78, 5) is 38.0. The molecule has 4 rings (SSSR count). The smallest absolute Gasteiger partial charge is 0.335 e. The number of rotatable bonds is 4. The summed E-state index contributed by atoms with van der Waals surface area (Å²) in [6.07, 6.45) is 4.63. The van der Waals surface area contributed by atoms with E-state index < -0.39 is 57.8 Å². The summed E-state index contributed by atoms with van der Waals surface area (Å²) < 4.78 is 15.8. The lowest BCUT2D eigenvalue weighted by Crippen LogP contribution is -2.63. The largest absolute Gasteiger partial charge is 0.472 e. The van der Waals surface area contributed by atoms with Gasteiger partial charge in [0, 0.05) is 22.3 Å². The summed E-state index contributed by atoms with van der Waals surface area (Å²) in [7, 11) is 1.19. The van der Waals surface area contributed by atoms with Gasteiger partial charge in [-0.25, -0.2) is 4.79 Å². The van der Waals surface area contributed by atoms with E-state index in [1.807, 2.05) is 13.8 Å². The van der Waals surface area contributed by atoms with Crippen LogP contribution in [0, 0.1) is 28.1 Å². The first-order valence-corrected chi connectivity index (χ1v) is 11.9. The second kappa shape index (κ2) is 8.17. The Bertz CT molecular complexity index is 1080. The highest BCUT2D eigenvalue weighted by Gasteiger charge is 2.66. The monoisotopic (exact) mass is 486 g/mol. The number of fused-ring (bicyclic) bond motifs is 1. The van der Waals surface area contributed by atoms with Crippen LogP contribution in [-0.4, -0.2) is 46.7 Å². The molecule has 2 fully saturated rings. The van der Waals surface area contributed by atoms with Gasteiger partial charge in [-0.2, -0.15) is 0 Å². The molecule has 0 bridgehead atoms. The Morgan fingerprint density at radius 2 is 1.94 bits per heavy atom. The summed E-state index contributed by atoms with van der Waals surface area (Å²) in [5.41, 5.74) is -3.45. The highest BCUT2D eigenvalue weighted by atomic mass is 16.6. The minimum absolute atomic E-state index is 0.214. The number of ether oxygens (including phenoxy) is 2. The van der Waals surface area contributed by atoms with Crippen molar-refractivity contribution in [2.24, 2.45) is 28.1 Å². The first-order valence-electron chi connectivity index (χ1n) is 11.9. The number of hydrogen-bond acceptors (Lipinski definition) is 8. The third-order valence-corrected chi connectivity index (χ3v) is 9.11. The van der Waals surface area contributed by atoms with Crippen molar-refractivity contribution in [1.82, 2.24) is 0 Å². The SMILES string of the molecule is C=C1C([C@@]2(C)C=CC(=O)C(C)(C)[C@@H]2[C@H](O)C(=O)OC)CC[C@@]2(C)[C@H](c3ccoc3)OC(=O)C[C@]12O. The summed E-state index contributed by atoms with van der Waals surface area (Å²) in [6.45, 7) is 11.4. The van der Waals surface area contributed by atoms with E-state index in [-0.39, 0.29) is 12.2 Å². The van der Waals surface area contributed by atoms with Gasteiger partial charge in [-0.15, -0.1) is 0 Å². The third-order valence-electron chi connectivity index (χ3n) is 9.11. The van der Waals surface area contributed by atoms with Crippen LogP contribution in [-0.2, 0) is 23.9 Å². The fourth-order valence-corrected chi connectivity index (χ4v) is 7.03. The van der Waals surface area contributed by atoms with Gasteiger partial charge in [-0.05, 0) is 41.9 Å². The molecule has 7 atom stereocenters. The van der Waals surface area contributed by atoms with Gasteiger partial charge in [0.15, 0.2) is 11.9 Å². The van der Waals surface area contributed by atoms with E-state index >= 15 is 0 Å². The molecule has 0 spiro atoms. The first-order chi connectivity index (χ1) is 16.2. The standard InChI is InChI=1S/C27H34O8/c1-15-17(25(4)10-8-18(28)24(2,3)21(25)20(30)23(31)33-6)7-11-26(5)22(16-9-12-34-14-16)35-19(29)13-27(15,26)32/h8-10,12,14,17,20-22,30,32H,1,7,11,13H2,2-6H3/t17?,20-,21-,22-,25+,26-,27-/m0/s1. The average molecular weight is 487 g/mol. The lowest BCUT2D eigenvalue weighted by Gasteiger charge is -2.61. The molecular weight excluding hydrogens is 452 g/mol. The third kappa shape index (κ3) is 3.44. The molecule has 1 unspecified atom stereocenters. The summed E-state index contributed by atoms with van der Waals surface area (Å²) in [5.74, 6) is -2.89. The van der Waals surface area contributed by atoms with Gasteiger partial charge in [0.05, 0.1) is 26.1 Å². The Morgan fingerprint density at radius 3 is 2.54 bits per heavy atom. The van der Waals surface area contributed by atoms with Crippen LogP contribution in [0.2, 0.25) is 0 Å². The maximum atomic E-state index is 12.9. The first kappa shape index (κ1) is 25.4. The molecule has 1 aromatic heterocycles. The van der Waals surface area contributed by atoms with Crippen LogP contribution in [0.4, 0.5) is 0 Å². The number of hydrogen-bond donors (Lipinski definition) is 2. The molecule has 2 N–H and O–H groups in total. The lowest BCUT2D eigenvalue weighted by molar-refractivity contribution is -0.216. The zero-order valence-corrected chi connectivity index (χ0v) is 20.9. The highest BCUT2D eigenvalue weighted by Crippen LogP contribution is 2.65. The summed E-state index contributed by atoms with van der Waals surface area (Å²) >= 11 is 0. The Balaban J connectivity index is 1.81. The molecule has 8 nitrogen and oxygen atoms in total. The molecule has 2 aliphatic carbocycles. The maximum absolute atomic E-state index is 12.9. The van der Waals surface area contributed by atoms with Crippen molar-refractivity contribution in [3.05, 3.63) is 48.5 Å². The molecule has 190 valence electrons. The molecule has 1 aromatic rings. The zero-order valence-electron chi connectivity index (χ0n) is 20.9. The Hall–Kier alpha value is -2.71. The molecule has 1 saturated heterocycles. The fraction of sp³-hybridized carbons (Fsp3) is 0.593. The molecule has 2 heterocycles. The van der Waals surface area contributed by atoms with E-state index in [1.165, 1.54) is 25.7 Å². The Morgan fingerprint density at radius 1 is 1.26 bits per heavy atom. The number of methoxy groups -OCH3 is 1. The minimum atomic E-state index is -1.61. The number of carbonyl (C=O) groups is 3. The van der Waals surface area contributed by atoms with Crippen LogP contribution in [0.25, 0.3) is 0 Å². The number of ketones is 1. The number of esters is 2. The normalized spacial score (nSPS) is 39.5. The number of furan rings is 1. The molecule has 1 saturated carbocycles. The van der Waals surface area contributed by atoms with Crippen LogP contribution < -0.4 is 0 Å². The van der Waals surface area contributed by atoms with E-state index in [0.29, 0.717) is 24.0 Å². The molecule has 0 radical (unpaired) electrons. The van der Waals surface area contributed by atoms with Gasteiger partial charge in [0.25, 0.3) is 0 Å². The van der Waals surface area contributed by atoms with E-state index in [4.69, 9.17) is 13.9 Å². The highest BCUT2D eigenvalue weighted by molar-refractivity contribution is 5.96. The van der Waals surface area contributed by atoms with E-state index in [0.717, 1.165) is 0 Å². The molecule has 35 heavy (non-hydrogen) atoms. The van der Waals surface area contributed by atoms with Gasteiger partial charge >= 0.3 is 11.9 Å². The van der Waals surface area contributed by atoms with Crippen molar-refractivity contribution in [3.63, 3.8) is 0 Å². The lowest BCUT2D eigenvalue weighted by atomic mass is 9.45. The van der Waals surface area contributed by atoms with Crippen LogP contribution in [0.5, 0.6) is 0 Å². The van der Waals surface area contributed by atoms with E-state index in [9.17, 15) is 24.6 Å². The number of cyclic esters (lactones) is 1. The molecule has 1 aliphatic heterocycles. The topological polar surface area (TPSA) is 123 Å². The maximum Gasteiger partial charge on any atom is 0.335 e. The Labute approximate surface area is 205 Å². The Kier molecular flexibility index (Phi) is 5.92. The predicted molar refractivity (Wildman–Crippen MR) is 125 cm³/mol. The molecule has 8 heteroatoms. The number of carbonyl (C=O) groups excluding carboxylic acids is 3. The van der Waals surface area contributed by atoms with Crippen molar-refractivity contribution < 1.29 is 38.5 Å². The van der Waals surface area contributed by atoms with Crippen LogP contribution in [0.1, 0.15) is 58.6 Å². The second-order valence-corrected chi connectivity index (χ2v) is 11.2. The number of allylic oxidation sites excluding steroid dienone is 2. The van der Waals surface area contributed by atoms with Crippen LogP contribution in [0.3, 0.4) is 0 Å². The van der Waals surface area contributed by atoms with Gasteiger partial charge in [0.1, 0.15) is 11.7 Å². The average Bonchev–Trinajstić information content (AvgIpc) is 3.32. The second-order valence-electron chi connectivity index (χ2n) is 11.2. The van der Waals surface area contributed by atoms with Crippen molar-refractivity contribution in [2.45, 2.75) is 64.8 Å². The molecular formula is C27H34O8. The van der Waals surface area contributed by atoms with Gasteiger partial charge < -0.3 is 24.1 Å².